The van der Waals surface area contributed by atoms with Gasteiger partial charge < -0.3 is 10.2 Å². The molecule has 0 spiro atoms. The molecule has 0 bridgehead atoms. The van der Waals surface area contributed by atoms with Gasteiger partial charge in [0.2, 0.25) is 0 Å². The highest BCUT2D eigenvalue weighted by Gasteiger charge is 2.00. The topological polar surface area (TPSA) is 53.9 Å². The van der Waals surface area contributed by atoms with Crippen molar-refractivity contribution in [2.75, 3.05) is 14.1 Å². The summed E-state index contributed by atoms with van der Waals surface area (Å²) in [5.41, 5.74) is 1.03. The van der Waals surface area contributed by atoms with Gasteiger partial charge in [0.1, 0.15) is 12.9 Å². The van der Waals surface area contributed by atoms with Crippen LogP contribution in [0.3, 0.4) is 0 Å². The van der Waals surface area contributed by atoms with Crippen molar-refractivity contribution in [3.63, 3.8) is 0 Å². The maximum atomic E-state index is 11.0. The van der Waals surface area contributed by atoms with E-state index in [9.17, 15) is 4.79 Å². The first-order chi connectivity index (χ1) is 7.74. The van der Waals surface area contributed by atoms with Crippen LogP contribution in [0.25, 0.3) is 0 Å². The maximum Gasteiger partial charge on any atom is 0.322 e. The van der Waals surface area contributed by atoms with Gasteiger partial charge >= 0.3 is 6.03 Å². The molecule has 0 fully saturated rings. The van der Waals surface area contributed by atoms with Gasteiger partial charge in [-0.1, -0.05) is 35.5 Å². The lowest BCUT2D eigenvalue weighted by molar-refractivity contribution is 0.129. The lowest BCUT2D eigenvalue weighted by Gasteiger charge is -2.08. The summed E-state index contributed by atoms with van der Waals surface area (Å²) < 4.78 is 0. The van der Waals surface area contributed by atoms with E-state index in [0.29, 0.717) is 6.61 Å². The third kappa shape index (κ3) is 4.00. The van der Waals surface area contributed by atoms with E-state index in [0.717, 1.165) is 5.56 Å². The molecule has 0 radical (unpaired) electrons. The molecule has 16 heavy (non-hydrogen) atoms. The number of hydrogen-bond donors (Lipinski definition) is 1. The van der Waals surface area contributed by atoms with Gasteiger partial charge in [-0.15, -0.1) is 0 Å². The number of oxime groups is 1. The number of amides is 2. The highest BCUT2D eigenvalue weighted by Crippen LogP contribution is 2.00. The minimum atomic E-state index is -0.243. The van der Waals surface area contributed by atoms with E-state index in [4.69, 9.17) is 4.84 Å². The number of rotatable bonds is 4. The lowest BCUT2D eigenvalue weighted by atomic mass is 10.2. The minimum Gasteiger partial charge on any atom is -0.390 e. The number of carbonyl (C=O) groups excluding carboxylic acids is 1. The van der Waals surface area contributed by atoms with Gasteiger partial charge in [0.25, 0.3) is 0 Å². The molecular formula is C11H15N3O2. The van der Waals surface area contributed by atoms with Crippen molar-refractivity contribution in [1.29, 1.82) is 0 Å². The van der Waals surface area contributed by atoms with Gasteiger partial charge in [0, 0.05) is 14.1 Å². The van der Waals surface area contributed by atoms with Crippen molar-refractivity contribution >= 4 is 12.4 Å². The van der Waals surface area contributed by atoms with E-state index >= 15 is 0 Å². The van der Waals surface area contributed by atoms with Crippen LogP contribution in [-0.2, 0) is 11.4 Å². The number of nitrogens with one attached hydrogen (secondary N) is 1. The number of carbonyl (C=O) groups is 1. The van der Waals surface area contributed by atoms with Crippen LogP contribution in [0, 0.1) is 0 Å². The Balaban J connectivity index is 2.30. The zero-order chi connectivity index (χ0) is 11.8. The van der Waals surface area contributed by atoms with Crippen LogP contribution in [-0.4, -0.2) is 31.4 Å². The average molecular weight is 221 g/mol. The van der Waals surface area contributed by atoms with Gasteiger partial charge in [-0.05, 0) is 5.56 Å². The third-order valence-corrected chi connectivity index (χ3v) is 1.90. The van der Waals surface area contributed by atoms with Gasteiger partial charge in [-0.25, -0.2) is 4.79 Å². The molecule has 0 atom stereocenters. The molecule has 1 N–H and O–H groups in total. The molecule has 0 saturated carbocycles. The summed E-state index contributed by atoms with van der Waals surface area (Å²) in [4.78, 5) is 17.4. The summed E-state index contributed by atoms with van der Waals surface area (Å²) in [5.74, 6) is 0. The fraction of sp³-hybridized carbons (Fsp3) is 0.273. The van der Waals surface area contributed by atoms with E-state index in [1.807, 2.05) is 30.3 Å². The average Bonchev–Trinajstić information content (AvgIpc) is 2.34. The number of hydrogen-bond acceptors (Lipinski definition) is 3. The fourth-order valence-electron chi connectivity index (χ4n) is 1.02. The van der Waals surface area contributed by atoms with E-state index in [1.54, 1.807) is 14.1 Å². The highest BCUT2D eigenvalue weighted by molar-refractivity contribution is 5.85. The quantitative estimate of drug-likeness (QED) is 0.475. The Labute approximate surface area is 94.7 Å². The van der Waals surface area contributed by atoms with Crippen molar-refractivity contribution in [3.8, 4) is 0 Å². The van der Waals surface area contributed by atoms with Gasteiger partial charge in [-0.3, -0.25) is 4.90 Å². The molecule has 0 aliphatic rings. The summed E-state index contributed by atoms with van der Waals surface area (Å²) in [6.45, 7) is 0.388. The van der Waals surface area contributed by atoms with Crippen LogP contribution in [0.1, 0.15) is 5.56 Å². The molecular weight excluding hydrogens is 206 g/mol. The number of nitrogens with zero attached hydrogens (tertiary/aromatic N) is 2. The lowest BCUT2D eigenvalue weighted by Crippen LogP contribution is -2.33. The highest BCUT2D eigenvalue weighted by atomic mass is 16.6. The predicted octanol–water partition coefficient (Wildman–Crippen LogP) is 1.42. The molecule has 0 saturated heterocycles. The fourth-order valence-corrected chi connectivity index (χ4v) is 1.02. The van der Waals surface area contributed by atoms with Crippen molar-refractivity contribution in [2.45, 2.75) is 6.61 Å². The Bertz CT molecular complexity index is 352. The van der Waals surface area contributed by atoms with Crippen LogP contribution in [0.15, 0.2) is 35.5 Å². The van der Waals surface area contributed by atoms with Gasteiger partial charge in [-0.2, -0.15) is 0 Å². The zero-order valence-electron chi connectivity index (χ0n) is 9.38. The Morgan fingerprint density at radius 2 is 2.19 bits per heavy atom. The molecule has 0 heterocycles. The molecule has 2 amide bonds. The molecule has 5 nitrogen and oxygen atoms in total. The smallest absolute Gasteiger partial charge is 0.322 e. The molecule has 86 valence electrons. The predicted molar refractivity (Wildman–Crippen MR) is 61.9 cm³/mol. The largest absolute Gasteiger partial charge is 0.390 e. The van der Waals surface area contributed by atoms with Crippen molar-refractivity contribution in [1.82, 2.24) is 10.2 Å². The van der Waals surface area contributed by atoms with Crippen molar-refractivity contribution in [2.24, 2.45) is 5.16 Å². The van der Waals surface area contributed by atoms with E-state index in [1.165, 1.54) is 11.2 Å². The van der Waals surface area contributed by atoms with Crippen LogP contribution in [0.5, 0.6) is 0 Å². The Kier molecular flexibility index (Phi) is 4.85. The minimum absolute atomic E-state index is 0.243. The second-order valence-electron chi connectivity index (χ2n) is 3.15. The Morgan fingerprint density at radius 3 is 2.81 bits per heavy atom. The second-order valence-corrected chi connectivity index (χ2v) is 3.15. The molecule has 0 aromatic heterocycles. The first-order valence-corrected chi connectivity index (χ1v) is 4.88. The summed E-state index contributed by atoms with van der Waals surface area (Å²) in [6.07, 6.45) is 1.32. The number of benzene rings is 1. The van der Waals surface area contributed by atoms with E-state index < -0.39 is 0 Å². The summed E-state index contributed by atoms with van der Waals surface area (Å²) in [5, 5.41) is 6.14. The van der Waals surface area contributed by atoms with Crippen LogP contribution < -0.4 is 5.32 Å². The molecule has 5 heteroatoms. The molecule has 0 aliphatic carbocycles. The monoisotopic (exact) mass is 221 g/mol. The van der Waals surface area contributed by atoms with Crippen LogP contribution in [0.2, 0.25) is 0 Å². The molecule has 0 aliphatic heterocycles. The van der Waals surface area contributed by atoms with Crippen molar-refractivity contribution in [3.05, 3.63) is 35.9 Å². The van der Waals surface area contributed by atoms with Gasteiger partial charge in [0.05, 0.1) is 0 Å². The molecule has 1 rings (SSSR count). The van der Waals surface area contributed by atoms with Crippen LogP contribution >= 0.6 is 0 Å². The molecule has 1 aromatic rings. The maximum absolute atomic E-state index is 11.0. The SMILES string of the molecule is CNC(=O)N(C)/C=N/OCc1ccccc1. The summed E-state index contributed by atoms with van der Waals surface area (Å²) in [7, 11) is 3.14. The molecule has 0 unspecified atom stereocenters. The van der Waals surface area contributed by atoms with E-state index in [2.05, 4.69) is 10.5 Å². The Hall–Kier alpha value is -2.04. The van der Waals surface area contributed by atoms with Crippen LogP contribution in [0.4, 0.5) is 4.79 Å². The number of urea groups is 1. The first-order valence-electron chi connectivity index (χ1n) is 4.88. The summed E-state index contributed by atoms with van der Waals surface area (Å²) in [6, 6.07) is 9.44. The van der Waals surface area contributed by atoms with E-state index in [-0.39, 0.29) is 6.03 Å². The second kappa shape index (κ2) is 6.44. The molecule has 1 aromatic carbocycles. The zero-order valence-corrected chi connectivity index (χ0v) is 9.38. The summed E-state index contributed by atoms with van der Waals surface area (Å²) >= 11 is 0. The van der Waals surface area contributed by atoms with Crippen molar-refractivity contribution < 1.29 is 9.63 Å². The normalized spacial score (nSPS) is 10.1. The first kappa shape index (κ1) is 12.0. The van der Waals surface area contributed by atoms with Gasteiger partial charge in [0.15, 0.2) is 0 Å². The third-order valence-electron chi connectivity index (χ3n) is 1.90. The standard InChI is InChI=1S/C11H15N3O2/c1-12-11(15)14(2)9-13-16-8-10-6-4-3-5-7-10/h3-7,9H,8H2,1-2H3,(H,12,15)/b13-9+. The Morgan fingerprint density at radius 1 is 1.50 bits per heavy atom.